The fourth-order valence-corrected chi connectivity index (χ4v) is 1.49. The smallest absolute Gasteiger partial charge is 0.337 e. The molecule has 1 aromatic heterocycles. The zero-order valence-corrected chi connectivity index (χ0v) is 8.00. The molecule has 1 aromatic carbocycles. The van der Waals surface area contributed by atoms with Crippen molar-refractivity contribution in [2.45, 2.75) is 6.92 Å². The van der Waals surface area contributed by atoms with Crippen molar-refractivity contribution in [1.82, 2.24) is 5.16 Å². The maximum atomic E-state index is 10.7. The first-order chi connectivity index (χ1) is 6.59. The molecule has 1 N–H and O–H groups in total. The molecule has 0 aliphatic carbocycles. The van der Waals surface area contributed by atoms with Gasteiger partial charge in [-0.2, -0.15) is 0 Å². The molecule has 0 radical (unpaired) electrons. The second kappa shape index (κ2) is 2.99. The highest BCUT2D eigenvalue weighted by atomic mass is 35.5. The first-order valence-electron chi connectivity index (χ1n) is 3.88. The van der Waals surface area contributed by atoms with Crippen LogP contribution in [0.25, 0.3) is 11.0 Å². The lowest BCUT2D eigenvalue weighted by molar-refractivity contribution is 0.0697. The van der Waals surface area contributed by atoms with Gasteiger partial charge >= 0.3 is 5.97 Å². The molecule has 0 fully saturated rings. The largest absolute Gasteiger partial charge is 0.478 e. The third kappa shape index (κ3) is 1.24. The fraction of sp³-hybridized carbons (Fsp3) is 0.111. The first kappa shape index (κ1) is 9.02. The summed E-state index contributed by atoms with van der Waals surface area (Å²) in [5.41, 5.74) is 1.15. The van der Waals surface area contributed by atoms with Crippen molar-refractivity contribution in [2.75, 3.05) is 0 Å². The molecule has 2 rings (SSSR count). The van der Waals surface area contributed by atoms with E-state index in [0.717, 1.165) is 5.39 Å². The van der Waals surface area contributed by atoms with Crippen LogP contribution >= 0.6 is 11.6 Å². The second-order valence-corrected chi connectivity index (χ2v) is 3.31. The molecule has 14 heavy (non-hydrogen) atoms. The standard InChI is InChI=1S/C9H6ClNO3/c1-4-5-2-7(10)6(9(12)13)3-8(5)14-11-4/h2-3H,1H3,(H,12,13). The molecule has 1 heterocycles. The monoisotopic (exact) mass is 211 g/mol. The summed E-state index contributed by atoms with van der Waals surface area (Å²) in [5, 5.41) is 13.4. The van der Waals surface area contributed by atoms with Crippen LogP contribution in [-0.2, 0) is 0 Å². The maximum absolute atomic E-state index is 10.7. The summed E-state index contributed by atoms with van der Waals surface area (Å²) in [6.07, 6.45) is 0. The van der Waals surface area contributed by atoms with E-state index in [1.807, 2.05) is 0 Å². The molecule has 2 aromatic rings. The predicted molar refractivity (Wildman–Crippen MR) is 50.7 cm³/mol. The molecule has 0 saturated heterocycles. The van der Waals surface area contributed by atoms with Crippen molar-refractivity contribution in [3.63, 3.8) is 0 Å². The molecule has 0 aliphatic rings. The molecule has 4 nitrogen and oxygen atoms in total. The quantitative estimate of drug-likeness (QED) is 0.787. The molecule has 0 aliphatic heterocycles. The first-order valence-corrected chi connectivity index (χ1v) is 4.26. The van der Waals surface area contributed by atoms with Crippen LogP contribution in [0.5, 0.6) is 0 Å². The molecule has 72 valence electrons. The van der Waals surface area contributed by atoms with Crippen LogP contribution in [-0.4, -0.2) is 16.2 Å². The minimum atomic E-state index is -1.08. The third-order valence-corrected chi connectivity index (χ3v) is 2.28. The lowest BCUT2D eigenvalue weighted by atomic mass is 10.1. The number of halogens is 1. The van der Waals surface area contributed by atoms with Crippen LogP contribution in [0.15, 0.2) is 16.7 Å². The van der Waals surface area contributed by atoms with E-state index in [9.17, 15) is 4.79 Å². The van der Waals surface area contributed by atoms with E-state index in [-0.39, 0.29) is 10.6 Å². The van der Waals surface area contributed by atoms with Gasteiger partial charge < -0.3 is 9.63 Å². The van der Waals surface area contributed by atoms with Crippen LogP contribution in [0.2, 0.25) is 5.02 Å². The highest BCUT2D eigenvalue weighted by Gasteiger charge is 2.13. The van der Waals surface area contributed by atoms with Gasteiger partial charge in [0.2, 0.25) is 0 Å². The normalized spacial score (nSPS) is 10.7. The number of fused-ring (bicyclic) bond motifs is 1. The van der Waals surface area contributed by atoms with Crippen molar-refractivity contribution < 1.29 is 14.4 Å². The lowest BCUT2D eigenvalue weighted by Gasteiger charge is -1.97. The van der Waals surface area contributed by atoms with Gasteiger partial charge in [0, 0.05) is 11.5 Å². The van der Waals surface area contributed by atoms with Crippen LogP contribution < -0.4 is 0 Å². The van der Waals surface area contributed by atoms with Gasteiger partial charge in [-0.05, 0) is 13.0 Å². The minimum Gasteiger partial charge on any atom is -0.478 e. The van der Waals surface area contributed by atoms with E-state index in [1.165, 1.54) is 6.07 Å². The molecule has 5 heteroatoms. The van der Waals surface area contributed by atoms with Gasteiger partial charge in [0.15, 0.2) is 5.58 Å². The maximum Gasteiger partial charge on any atom is 0.337 e. The molecular weight excluding hydrogens is 206 g/mol. The summed E-state index contributed by atoms with van der Waals surface area (Å²) in [7, 11) is 0. The van der Waals surface area contributed by atoms with Crippen LogP contribution in [0.4, 0.5) is 0 Å². The van der Waals surface area contributed by atoms with E-state index in [1.54, 1.807) is 13.0 Å². The zero-order valence-electron chi connectivity index (χ0n) is 7.24. The summed E-state index contributed by atoms with van der Waals surface area (Å²) < 4.78 is 4.92. The van der Waals surface area contributed by atoms with Crippen molar-refractivity contribution in [3.8, 4) is 0 Å². The van der Waals surface area contributed by atoms with E-state index >= 15 is 0 Å². The van der Waals surface area contributed by atoms with Gasteiger partial charge in [0.05, 0.1) is 16.3 Å². The van der Waals surface area contributed by atoms with Crippen LogP contribution in [0, 0.1) is 6.92 Å². The Kier molecular flexibility index (Phi) is 1.93. The Balaban J connectivity index is 2.79. The number of carboxylic acids is 1. The average Bonchev–Trinajstić information content (AvgIpc) is 2.46. The number of benzene rings is 1. The summed E-state index contributed by atoms with van der Waals surface area (Å²) >= 11 is 5.78. The number of aromatic carboxylic acids is 1. The van der Waals surface area contributed by atoms with Gasteiger partial charge in [-0.3, -0.25) is 0 Å². The van der Waals surface area contributed by atoms with Crippen LogP contribution in [0.1, 0.15) is 16.1 Å². The van der Waals surface area contributed by atoms with Crippen molar-refractivity contribution in [3.05, 3.63) is 28.4 Å². The molecule has 0 amide bonds. The van der Waals surface area contributed by atoms with E-state index in [2.05, 4.69) is 5.16 Å². The Morgan fingerprint density at radius 2 is 2.29 bits per heavy atom. The molecule has 0 saturated carbocycles. The Labute approximate surface area is 84.1 Å². The summed E-state index contributed by atoms with van der Waals surface area (Å²) in [5.74, 6) is -1.08. The van der Waals surface area contributed by atoms with E-state index in [4.69, 9.17) is 21.2 Å². The SMILES string of the molecule is Cc1noc2cc(C(=O)O)c(Cl)cc12. The summed E-state index contributed by atoms with van der Waals surface area (Å²) in [4.78, 5) is 10.7. The van der Waals surface area contributed by atoms with Crippen LogP contribution in [0.3, 0.4) is 0 Å². The van der Waals surface area contributed by atoms with Gasteiger partial charge in [-0.1, -0.05) is 16.8 Å². The van der Waals surface area contributed by atoms with Gasteiger partial charge in [0.1, 0.15) is 0 Å². The number of carbonyl (C=O) groups is 1. The number of hydrogen-bond acceptors (Lipinski definition) is 3. The van der Waals surface area contributed by atoms with Crippen molar-refractivity contribution in [1.29, 1.82) is 0 Å². The van der Waals surface area contributed by atoms with E-state index in [0.29, 0.717) is 11.3 Å². The predicted octanol–water partition coefficient (Wildman–Crippen LogP) is 2.49. The highest BCUT2D eigenvalue weighted by Crippen LogP contribution is 2.25. The number of aromatic nitrogens is 1. The number of hydrogen-bond donors (Lipinski definition) is 1. The highest BCUT2D eigenvalue weighted by molar-refractivity contribution is 6.34. The average molecular weight is 212 g/mol. The third-order valence-electron chi connectivity index (χ3n) is 1.97. The summed E-state index contributed by atoms with van der Waals surface area (Å²) in [6, 6.07) is 2.92. The molecular formula is C9H6ClNO3. The fourth-order valence-electron chi connectivity index (χ4n) is 1.24. The Hall–Kier alpha value is -1.55. The van der Waals surface area contributed by atoms with Gasteiger partial charge in [0.25, 0.3) is 0 Å². The van der Waals surface area contributed by atoms with Gasteiger partial charge in [-0.25, -0.2) is 4.79 Å². The molecule has 0 atom stereocenters. The molecule has 0 unspecified atom stereocenters. The Morgan fingerprint density at radius 1 is 1.57 bits per heavy atom. The topological polar surface area (TPSA) is 63.3 Å². The molecule has 0 spiro atoms. The number of rotatable bonds is 1. The van der Waals surface area contributed by atoms with Gasteiger partial charge in [-0.15, -0.1) is 0 Å². The Bertz CT molecular complexity index is 518. The van der Waals surface area contributed by atoms with Crippen molar-refractivity contribution >= 4 is 28.5 Å². The van der Waals surface area contributed by atoms with E-state index < -0.39 is 5.97 Å². The number of aryl methyl sites for hydroxylation is 1. The Morgan fingerprint density at radius 3 is 2.93 bits per heavy atom. The zero-order chi connectivity index (χ0) is 10.3. The number of carboxylic acid groups (broad SMARTS) is 1. The second-order valence-electron chi connectivity index (χ2n) is 2.90. The van der Waals surface area contributed by atoms with Crippen molar-refractivity contribution in [2.24, 2.45) is 0 Å². The molecule has 0 bridgehead atoms. The summed E-state index contributed by atoms with van der Waals surface area (Å²) in [6.45, 7) is 1.77. The number of nitrogens with zero attached hydrogens (tertiary/aromatic N) is 1. The minimum absolute atomic E-state index is 0.0234. The lowest BCUT2D eigenvalue weighted by Crippen LogP contribution is -1.96.